The van der Waals surface area contributed by atoms with E-state index in [1.54, 1.807) is 0 Å². The van der Waals surface area contributed by atoms with Crippen LogP contribution in [0.4, 0.5) is 0 Å². The summed E-state index contributed by atoms with van der Waals surface area (Å²) in [6.45, 7) is 4.35. The Morgan fingerprint density at radius 3 is 2.00 bits per heavy atom. The van der Waals surface area contributed by atoms with Crippen LogP contribution < -0.4 is 0 Å². The lowest BCUT2D eigenvalue weighted by molar-refractivity contribution is 0.575. The molecular formula is C20H30. The van der Waals surface area contributed by atoms with Crippen molar-refractivity contribution in [3.05, 3.63) is 35.4 Å². The Kier molecular flexibility index (Phi) is 8.88. The normalized spacial score (nSPS) is 12.1. The standard InChI is InChI=1S/C20H30/c1-4-6-7-8-9-10-11-12-13-19-14-16-20(17-15-19)18(3)5-2/h2,14-18H,4,6-13H2,1,3H3. The van der Waals surface area contributed by atoms with Gasteiger partial charge in [0.15, 0.2) is 0 Å². The van der Waals surface area contributed by atoms with Crippen LogP contribution in [0.1, 0.15) is 82.3 Å². The van der Waals surface area contributed by atoms with Crippen LogP contribution in [0.3, 0.4) is 0 Å². The highest BCUT2D eigenvalue weighted by atomic mass is 14.1. The quantitative estimate of drug-likeness (QED) is 0.355. The van der Waals surface area contributed by atoms with Gasteiger partial charge in [-0.3, -0.25) is 0 Å². The van der Waals surface area contributed by atoms with Crippen LogP contribution in [0.15, 0.2) is 24.3 Å². The van der Waals surface area contributed by atoms with Crippen LogP contribution in [0, 0.1) is 12.3 Å². The van der Waals surface area contributed by atoms with E-state index < -0.39 is 0 Å². The maximum atomic E-state index is 5.45. The van der Waals surface area contributed by atoms with Crippen LogP contribution in [-0.2, 0) is 6.42 Å². The van der Waals surface area contributed by atoms with Gasteiger partial charge in [-0.1, -0.05) is 82.1 Å². The first-order chi connectivity index (χ1) is 9.77. The van der Waals surface area contributed by atoms with Crippen molar-refractivity contribution >= 4 is 0 Å². The van der Waals surface area contributed by atoms with Gasteiger partial charge in [-0.2, -0.15) is 0 Å². The molecule has 0 saturated carbocycles. The minimum absolute atomic E-state index is 0.229. The largest absolute Gasteiger partial charge is 0.119 e. The van der Waals surface area contributed by atoms with Gasteiger partial charge < -0.3 is 0 Å². The van der Waals surface area contributed by atoms with Gasteiger partial charge in [0.25, 0.3) is 0 Å². The molecule has 1 aromatic carbocycles. The molecule has 0 aliphatic carbocycles. The number of hydrogen-bond donors (Lipinski definition) is 0. The summed E-state index contributed by atoms with van der Waals surface area (Å²) in [7, 11) is 0. The fraction of sp³-hybridized carbons (Fsp3) is 0.600. The van der Waals surface area contributed by atoms with E-state index in [0.717, 1.165) is 0 Å². The summed E-state index contributed by atoms with van der Waals surface area (Å²) in [5.41, 5.74) is 2.70. The number of terminal acetylenes is 1. The molecule has 0 heteroatoms. The second kappa shape index (κ2) is 10.6. The summed E-state index contributed by atoms with van der Waals surface area (Å²) in [5, 5.41) is 0. The molecule has 0 bridgehead atoms. The third-order valence-corrected chi connectivity index (χ3v) is 4.05. The first-order valence-electron chi connectivity index (χ1n) is 8.33. The first-order valence-corrected chi connectivity index (χ1v) is 8.33. The average molecular weight is 270 g/mol. The van der Waals surface area contributed by atoms with Crippen LogP contribution in [-0.4, -0.2) is 0 Å². The Morgan fingerprint density at radius 2 is 1.45 bits per heavy atom. The smallest absolute Gasteiger partial charge is 0.0421 e. The van der Waals surface area contributed by atoms with E-state index in [9.17, 15) is 0 Å². The summed E-state index contributed by atoms with van der Waals surface area (Å²) in [4.78, 5) is 0. The van der Waals surface area contributed by atoms with Gasteiger partial charge >= 0.3 is 0 Å². The Bertz CT molecular complexity index is 379. The lowest BCUT2D eigenvalue weighted by atomic mass is 9.98. The second-order valence-corrected chi connectivity index (χ2v) is 5.85. The van der Waals surface area contributed by atoms with E-state index in [4.69, 9.17) is 6.42 Å². The van der Waals surface area contributed by atoms with Gasteiger partial charge in [0.05, 0.1) is 0 Å². The molecule has 0 aliphatic heterocycles. The molecule has 0 radical (unpaired) electrons. The molecular weight excluding hydrogens is 240 g/mol. The predicted octanol–water partition coefficient (Wildman–Crippen LogP) is 6.11. The molecule has 20 heavy (non-hydrogen) atoms. The minimum atomic E-state index is 0.229. The Hall–Kier alpha value is -1.22. The van der Waals surface area contributed by atoms with E-state index >= 15 is 0 Å². The highest BCUT2D eigenvalue weighted by Crippen LogP contribution is 2.16. The van der Waals surface area contributed by atoms with Crippen molar-refractivity contribution in [3.63, 3.8) is 0 Å². The fourth-order valence-corrected chi connectivity index (χ4v) is 2.53. The third kappa shape index (κ3) is 6.80. The molecule has 0 amide bonds. The summed E-state index contributed by atoms with van der Waals surface area (Å²) < 4.78 is 0. The molecule has 0 spiro atoms. The summed E-state index contributed by atoms with van der Waals surface area (Å²) in [5.74, 6) is 3.01. The van der Waals surface area contributed by atoms with Crippen LogP contribution in [0.25, 0.3) is 0 Å². The maximum absolute atomic E-state index is 5.45. The van der Waals surface area contributed by atoms with Crippen molar-refractivity contribution in [2.24, 2.45) is 0 Å². The highest BCUT2D eigenvalue weighted by Gasteiger charge is 2.01. The van der Waals surface area contributed by atoms with Gasteiger partial charge in [0.1, 0.15) is 0 Å². The van der Waals surface area contributed by atoms with Crippen molar-refractivity contribution in [1.82, 2.24) is 0 Å². The molecule has 0 aromatic heterocycles. The second-order valence-electron chi connectivity index (χ2n) is 5.85. The van der Waals surface area contributed by atoms with Crippen LogP contribution in [0.5, 0.6) is 0 Å². The van der Waals surface area contributed by atoms with E-state index in [1.165, 1.54) is 68.9 Å². The number of hydrogen-bond acceptors (Lipinski definition) is 0. The molecule has 1 unspecified atom stereocenters. The minimum Gasteiger partial charge on any atom is -0.119 e. The van der Waals surface area contributed by atoms with Crippen LogP contribution >= 0.6 is 0 Å². The zero-order chi connectivity index (χ0) is 14.6. The fourth-order valence-electron chi connectivity index (χ4n) is 2.53. The Labute approximate surface area is 126 Å². The molecule has 1 atom stereocenters. The number of unbranched alkanes of at least 4 members (excludes halogenated alkanes) is 7. The number of rotatable bonds is 10. The first kappa shape index (κ1) is 16.8. The summed E-state index contributed by atoms with van der Waals surface area (Å²) in [6.07, 6.45) is 17.7. The van der Waals surface area contributed by atoms with Gasteiger partial charge in [-0.05, 0) is 30.9 Å². The van der Waals surface area contributed by atoms with Gasteiger partial charge in [0.2, 0.25) is 0 Å². The van der Waals surface area contributed by atoms with Gasteiger partial charge in [-0.15, -0.1) is 6.42 Å². The summed E-state index contributed by atoms with van der Waals surface area (Å²) in [6, 6.07) is 8.85. The lowest BCUT2D eigenvalue weighted by Crippen LogP contribution is -1.91. The monoisotopic (exact) mass is 270 g/mol. The van der Waals surface area contributed by atoms with Crippen LogP contribution in [0.2, 0.25) is 0 Å². The zero-order valence-corrected chi connectivity index (χ0v) is 13.3. The van der Waals surface area contributed by atoms with E-state index in [2.05, 4.69) is 44.0 Å². The Balaban J connectivity index is 2.12. The van der Waals surface area contributed by atoms with Crippen molar-refractivity contribution in [1.29, 1.82) is 0 Å². The topological polar surface area (TPSA) is 0 Å². The van der Waals surface area contributed by atoms with Crippen molar-refractivity contribution in [2.75, 3.05) is 0 Å². The van der Waals surface area contributed by atoms with Crippen molar-refractivity contribution < 1.29 is 0 Å². The van der Waals surface area contributed by atoms with Gasteiger partial charge in [-0.25, -0.2) is 0 Å². The average Bonchev–Trinajstić information content (AvgIpc) is 2.50. The van der Waals surface area contributed by atoms with E-state index in [1.807, 2.05) is 0 Å². The maximum Gasteiger partial charge on any atom is 0.0421 e. The molecule has 110 valence electrons. The number of aryl methyl sites for hydroxylation is 1. The Morgan fingerprint density at radius 1 is 0.900 bits per heavy atom. The molecule has 1 aromatic rings. The molecule has 0 fully saturated rings. The summed E-state index contributed by atoms with van der Waals surface area (Å²) >= 11 is 0. The highest BCUT2D eigenvalue weighted by molar-refractivity contribution is 5.29. The molecule has 0 nitrogen and oxygen atoms in total. The zero-order valence-electron chi connectivity index (χ0n) is 13.3. The van der Waals surface area contributed by atoms with Crippen molar-refractivity contribution in [2.45, 2.75) is 77.6 Å². The third-order valence-electron chi connectivity index (χ3n) is 4.05. The molecule has 1 rings (SSSR count). The lowest BCUT2D eigenvalue weighted by Gasteiger charge is -2.06. The molecule has 0 saturated heterocycles. The predicted molar refractivity (Wildman–Crippen MR) is 90.0 cm³/mol. The SMILES string of the molecule is C#CC(C)c1ccc(CCCCCCCCCC)cc1. The molecule has 0 N–H and O–H groups in total. The van der Waals surface area contributed by atoms with Crippen molar-refractivity contribution in [3.8, 4) is 12.3 Å². The number of benzene rings is 1. The van der Waals surface area contributed by atoms with E-state index in [-0.39, 0.29) is 5.92 Å². The van der Waals surface area contributed by atoms with Gasteiger partial charge in [0, 0.05) is 5.92 Å². The van der Waals surface area contributed by atoms with E-state index in [0.29, 0.717) is 0 Å². The molecule has 0 heterocycles. The molecule has 0 aliphatic rings.